The topological polar surface area (TPSA) is 74.3 Å². The van der Waals surface area contributed by atoms with Crippen LogP contribution in [0.5, 0.6) is 0 Å². The molecule has 1 aromatic heterocycles. The van der Waals surface area contributed by atoms with E-state index in [0.717, 1.165) is 32.5 Å². The molecule has 6 nitrogen and oxygen atoms in total. The first kappa shape index (κ1) is 16.2. The third-order valence-electron chi connectivity index (χ3n) is 3.65. The normalized spacial score (nSPS) is 19.8. The Kier molecular flexibility index (Phi) is 5.55. The lowest BCUT2D eigenvalue weighted by Crippen LogP contribution is -2.30. The van der Waals surface area contributed by atoms with Crippen LogP contribution in [0.25, 0.3) is 0 Å². The molecule has 2 N–H and O–H groups in total. The van der Waals surface area contributed by atoms with Gasteiger partial charge in [-0.2, -0.15) is 0 Å². The maximum atomic E-state index is 12.3. The standard InChI is InChI=1S/C14H24N4O2S/c1-3-6-15-14-9-13(4-7-16-14)21(19,20)17-10-12-5-8-18(2)11-12/h4,7,9,12,17H,3,5-6,8,10-11H2,1-2H3,(H,15,16). The molecule has 1 aliphatic heterocycles. The van der Waals surface area contributed by atoms with Crippen molar-refractivity contribution < 1.29 is 8.42 Å². The summed E-state index contributed by atoms with van der Waals surface area (Å²) in [6, 6.07) is 3.11. The Bertz CT molecular complexity index is 562. The lowest BCUT2D eigenvalue weighted by molar-refractivity contribution is 0.394. The second kappa shape index (κ2) is 7.20. The van der Waals surface area contributed by atoms with Crippen LogP contribution in [0, 0.1) is 5.92 Å². The van der Waals surface area contributed by atoms with Crippen molar-refractivity contribution in [3.63, 3.8) is 0 Å². The Morgan fingerprint density at radius 2 is 2.29 bits per heavy atom. The minimum absolute atomic E-state index is 0.266. The Morgan fingerprint density at radius 1 is 1.48 bits per heavy atom. The zero-order valence-electron chi connectivity index (χ0n) is 12.7. The van der Waals surface area contributed by atoms with Crippen molar-refractivity contribution in [1.29, 1.82) is 0 Å². The van der Waals surface area contributed by atoms with Crippen LogP contribution < -0.4 is 10.0 Å². The molecule has 7 heteroatoms. The molecule has 1 aromatic rings. The third-order valence-corrected chi connectivity index (χ3v) is 5.07. The van der Waals surface area contributed by atoms with Gasteiger partial charge in [0.1, 0.15) is 5.82 Å². The van der Waals surface area contributed by atoms with Crippen molar-refractivity contribution in [1.82, 2.24) is 14.6 Å². The van der Waals surface area contributed by atoms with Crippen LogP contribution in [-0.4, -0.2) is 51.5 Å². The summed E-state index contributed by atoms with van der Waals surface area (Å²) in [4.78, 5) is 6.61. The average molecular weight is 312 g/mol. The molecule has 2 rings (SSSR count). The zero-order chi connectivity index (χ0) is 15.3. The first-order valence-corrected chi connectivity index (χ1v) is 8.87. The highest BCUT2D eigenvalue weighted by atomic mass is 32.2. The summed E-state index contributed by atoms with van der Waals surface area (Å²) in [5.41, 5.74) is 0. The van der Waals surface area contributed by atoms with Gasteiger partial charge in [-0.1, -0.05) is 6.92 Å². The first-order chi connectivity index (χ1) is 10.0. The van der Waals surface area contributed by atoms with E-state index < -0.39 is 10.0 Å². The van der Waals surface area contributed by atoms with E-state index in [1.165, 1.54) is 12.3 Å². The molecule has 0 aliphatic carbocycles. The maximum Gasteiger partial charge on any atom is 0.240 e. The highest BCUT2D eigenvalue weighted by Crippen LogP contribution is 2.16. The molecule has 0 amide bonds. The van der Waals surface area contributed by atoms with Crippen LogP contribution in [0.3, 0.4) is 0 Å². The van der Waals surface area contributed by atoms with Gasteiger partial charge in [0, 0.05) is 31.9 Å². The maximum absolute atomic E-state index is 12.3. The van der Waals surface area contributed by atoms with Gasteiger partial charge < -0.3 is 10.2 Å². The highest BCUT2D eigenvalue weighted by Gasteiger charge is 2.22. The minimum Gasteiger partial charge on any atom is -0.370 e. The fraction of sp³-hybridized carbons (Fsp3) is 0.643. The van der Waals surface area contributed by atoms with Crippen molar-refractivity contribution in [2.45, 2.75) is 24.7 Å². The number of nitrogens with zero attached hydrogens (tertiary/aromatic N) is 2. The Morgan fingerprint density at radius 3 is 2.95 bits per heavy atom. The fourth-order valence-corrected chi connectivity index (χ4v) is 3.56. The van der Waals surface area contributed by atoms with Gasteiger partial charge in [0.2, 0.25) is 10.0 Å². The van der Waals surface area contributed by atoms with Crippen LogP contribution in [0.4, 0.5) is 5.82 Å². The number of anilines is 1. The molecule has 1 aliphatic rings. The van der Waals surface area contributed by atoms with Crippen LogP contribution in [-0.2, 0) is 10.0 Å². The summed E-state index contributed by atoms with van der Waals surface area (Å²) in [5.74, 6) is 0.990. The van der Waals surface area contributed by atoms with E-state index in [2.05, 4.69) is 27.0 Å². The largest absolute Gasteiger partial charge is 0.370 e. The number of rotatable bonds is 7. The van der Waals surface area contributed by atoms with Gasteiger partial charge in [0.15, 0.2) is 0 Å². The summed E-state index contributed by atoms with van der Waals surface area (Å²) in [7, 11) is -1.40. The SMILES string of the molecule is CCCNc1cc(S(=O)(=O)NCC2CCN(C)C2)ccn1. The molecule has 1 fully saturated rings. The van der Waals surface area contributed by atoms with E-state index in [-0.39, 0.29) is 4.90 Å². The molecule has 118 valence electrons. The quantitative estimate of drug-likeness (QED) is 0.789. The van der Waals surface area contributed by atoms with Gasteiger partial charge in [-0.05, 0) is 38.4 Å². The minimum atomic E-state index is -3.46. The second-order valence-electron chi connectivity index (χ2n) is 5.57. The van der Waals surface area contributed by atoms with E-state index in [1.54, 1.807) is 6.07 Å². The monoisotopic (exact) mass is 312 g/mol. The lowest BCUT2D eigenvalue weighted by Gasteiger charge is -2.12. The van der Waals surface area contributed by atoms with E-state index in [0.29, 0.717) is 18.3 Å². The molecular formula is C14H24N4O2S. The number of hydrogen-bond donors (Lipinski definition) is 2. The van der Waals surface area contributed by atoms with Gasteiger partial charge in [0.25, 0.3) is 0 Å². The van der Waals surface area contributed by atoms with Crippen molar-refractivity contribution >= 4 is 15.8 Å². The summed E-state index contributed by atoms with van der Waals surface area (Å²) >= 11 is 0. The number of aromatic nitrogens is 1. The van der Waals surface area contributed by atoms with E-state index >= 15 is 0 Å². The van der Waals surface area contributed by atoms with Crippen molar-refractivity contribution in [3.05, 3.63) is 18.3 Å². The van der Waals surface area contributed by atoms with Gasteiger partial charge in [-0.25, -0.2) is 18.1 Å². The fourth-order valence-electron chi connectivity index (χ4n) is 2.43. The van der Waals surface area contributed by atoms with Crippen LogP contribution in [0.15, 0.2) is 23.2 Å². The van der Waals surface area contributed by atoms with Gasteiger partial charge in [-0.3, -0.25) is 0 Å². The van der Waals surface area contributed by atoms with Gasteiger partial charge in [-0.15, -0.1) is 0 Å². The second-order valence-corrected chi connectivity index (χ2v) is 7.34. The van der Waals surface area contributed by atoms with Gasteiger partial charge in [0.05, 0.1) is 4.90 Å². The van der Waals surface area contributed by atoms with Crippen LogP contribution in [0.2, 0.25) is 0 Å². The smallest absolute Gasteiger partial charge is 0.240 e. The predicted molar refractivity (Wildman–Crippen MR) is 83.8 cm³/mol. The Labute approximate surface area is 127 Å². The molecule has 21 heavy (non-hydrogen) atoms. The average Bonchev–Trinajstić information content (AvgIpc) is 2.89. The van der Waals surface area contributed by atoms with Crippen molar-refractivity contribution in [2.75, 3.05) is 38.5 Å². The summed E-state index contributed by atoms with van der Waals surface area (Å²) in [6.45, 7) is 5.30. The molecule has 0 spiro atoms. The van der Waals surface area contributed by atoms with Crippen molar-refractivity contribution in [3.8, 4) is 0 Å². The first-order valence-electron chi connectivity index (χ1n) is 7.39. The Balaban J connectivity index is 1.98. The number of pyridine rings is 1. The summed E-state index contributed by atoms with van der Waals surface area (Å²) in [6.07, 6.45) is 3.53. The van der Waals surface area contributed by atoms with Crippen LogP contribution in [0.1, 0.15) is 19.8 Å². The Hall–Kier alpha value is -1.18. The van der Waals surface area contributed by atoms with E-state index in [4.69, 9.17) is 0 Å². The summed E-state index contributed by atoms with van der Waals surface area (Å²) < 4.78 is 27.3. The molecule has 0 saturated carbocycles. The van der Waals surface area contributed by atoms with Crippen molar-refractivity contribution in [2.24, 2.45) is 5.92 Å². The third kappa shape index (κ3) is 4.66. The number of hydrogen-bond acceptors (Lipinski definition) is 5. The molecule has 0 bridgehead atoms. The molecule has 1 atom stereocenters. The molecule has 0 radical (unpaired) electrons. The number of likely N-dealkylation sites (tertiary alicyclic amines) is 1. The predicted octanol–water partition coefficient (Wildman–Crippen LogP) is 1.13. The molecule has 0 aromatic carbocycles. The summed E-state index contributed by atoms with van der Waals surface area (Å²) in [5, 5.41) is 3.10. The lowest BCUT2D eigenvalue weighted by atomic mass is 10.1. The molecular weight excluding hydrogens is 288 g/mol. The zero-order valence-corrected chi connectivity index (χ0v) is 13.5. The van der Waals surface area contributed by atoms with E-state index in [1.807, 2.05) is 6.92 Å². The molecule has 1 saturated heterocycles. The highest BCUT2D eigenvalue weighted by molar-refractivity contribution is 7.89. The van der Waals surface area contributed by atoms with Gasteiger partial charge >= 0.3 is 0 Å². The molecule has 2 heterocycles. The van der Waals surface area contributed by atoms with Crippen LogP contribution >= 0.6 is 0 Å². The van der Waals surface area contributed by atoms with E-state index in [9.17, 15) is 8.42 Å². The molecule has 1 unspecified atom stereocenters. The number of nitrogens with one attached hydrogen (secondary N) is 2. The number of sulfonamides is 1.